The molecule has 3 aromatic heterocycles. The van der Waals surface area contributed by atoms with E-state index in [0.717, 1.165) is 134 Å². The second-order valence-electron chi connectivity index (χ2n) is 21.7. The molecule has 0 amide bonds. The standard InChI is InChI=1S/C75H52N3O2.Ir/c1-74(2)59-32-25-50(26-33-59)72-37-30-53(46-77-72)65-15-7-11-18-68(65)56-39-55-40-57(41-56)69-19-12-8-16-66(69)54-31-38-73(78-47-54)51-27-34-60(35-28-51)75(3,4)80-62-43-58(42-61(44-62)79-74)70-20-9-5-13-63(70)48-21-23-49(24-22-48)71-36-29-52(45-76-71)64-14-6-10-17-67(55)64;/h5-23,25,27,29-47H,1-4H3;/q-3;+3. The number of aromatic nitrogens is 3. The zero-order valence-electron chi connectivity index (χ0n) is 45.1. The van der Waals surface area contributed by atoms with Crippen LogP contribution in [0, 0.1) is 18.2 Å². The van der Waals surface area contributed by atoms with Crippen LogP contribution in [0.25, 0.3) is 123 Å². The summed E-state index contributed by atoms with van der Waals surface area (Å²) in [7, 11) is 0. The van der Waals surface area contributed by atoms with Crippen molar-refractivity contribution in [2.45, 2.75) is 38.9 Å². The van der Waals surface area contributed by atoms with Crippen molar-refractivity contribution in [3.8, 4) is 134 Å². The fraction of sp³-hybridized carbons (Fsp3) is 0.0800. The molecule has 0 aliphatic carbocycles. The molecule has 21 aliphatic rings. The predicted octanol–water partition coefficient (Wildman–Crippen LogP) is 18.9. The molecule has 81 heavy (non-hydrogen) atoms. The molecule has 0 atom stereocenters. The molecule has 0 spiro atoms. The number of ether oxygens (including phenoxy) is 2. The van der Waals surface area contributed by atoms with Crippen molar-refractivity contribution in [3.63, 3.8) is 0 Å². The molecule has 24 heterocycles. The maximum atomic E-state index is 7.08. The van der Waals surface area contributed by atoms with Gasteiger partial charge in [0.2, 0.25) is 0 Å². The van der Waals surface area contributed by atoms with Gasteiger partial charge in [0.15, 0.2) is 0 Å². The first kappa shape index (κ1) is 51.1. The summed E-state index contributed by atoms with van der Waals surface area (Å²) in [6, 6.07) is 89.9. The molecule has 0 saturated heterocycles. The normalized spacial score (nSPS) is 13.2. The first-order valence-electron chi connectivity index (χ1n) is 27.1. The minimum Gasteiger partial charge on any atom is -0.492 e. The number of hydrogen-bond acceptors (Lipinski definition) is 5. The fourth-order valence-corrected chi connectivity index (χ4v) is 11.4. The van der Waals surface area contributed by atoms with Crippen LogP contribution in [0.1, 0.15) is 38.8 Å². The molecule has 12 aromatic rings. The monoisotopic (exact) mass is 1220 g/mol. The summed E-state index contributed by atoms with van der Waals surface area (Å²) < 4.78 is 14.2. The number of benzene rings is 9. The minimum atomic E-state index is -0.767. The van der Waals surface area contributed by atoms with Gasteiger partial charge in [-0.1, -0.05) is 156 Å². The zero-order chi connectivity index (χ0) is 54.0. The van der Waals surface area contributed by atoms with Crippen molar-refractivity contribution in [1.29, 1.82) is 0 Å². The van der Waals surface area contributed by atoms with Gasteiger partial charge in [-0.2, -0.15) is 0 Å². The maximum Gasteiger partial charge on any atom is 3.00 e. The third-order valence-electron chi connectivity index (χ3n) is 15.7. The summed E-state index contributed by atoms with van der Waals surface area (Å²) in [6.45, 7) is 8.36. The average molecular weight is 1220 g/mol. The molecule has 0 N–H and O–H groups in total. The largest absolute Gasteiger partial charge is 3.00 e. The number of rotatable bonds is 0. The van der Waals surface area contributed by atoms with Crippen LogP contribution in [0.4, 0.5) is 0 Å². The summed E-state index contributed by atoms with van der Waals surface area (Å²) in [5.41, 5.74) is 22.4. The van der Waals surface area contributed by atoms with Crippen LogP contribution in [0.3, 0.4) is 0 Å². The van der Waals surface area contributed by atoms with Gasteiger partial charge in [-0.25, -0.2) is 0 Å². The summed E-state index contributed by atoms with van der Waals surface area (Å²) >= 11 is 0. The molecule has 6 heteroatoms. The average Bonchev–Trinajstić information content (AvgIpc) is 3.54. The van der Waals surface area contributed by atoms with Crippen LogP contribution >= 0.6 is 0 Å². The minimum absolute atomic E-state index is 0. The Bertz CT molecular complexity index is 4120. The van der Waals surface area contributed by atoms with E-state index < -0.39 is 11.2 Å². The van der Waals surface area contributed by atoms with Crippen molar-refractivity contribution in [2.75, 3.05) is 0 Å². The summed E-state index contributed by atoms with van der Waals surface area (Å²) in [6.07, 6.45) is 5.95. The fourth-order valence-electron chi connectivity index (χ4n) is 11.4. The van der Waals surface area contributed by atoms with Crippen molar-refractivity contribution >= 4 is 0 Å². The van der Waals surface area contributed by atoms with E-state index in [1.807, 2.05) is 36.8 Å². The molecule has 0 unspecified atom stereocenters. The van der Waals surface area contributed by atoms with Gasteiger partial charge in [-0.3, -0.25) is 0 Å². The van der Waals surface area contributed by atoms with E-state index in [4.69, 9.17) is 24.4 Å². The predicted molar refractivity (Wildman–Crippen MR) is 323 cm³/mol. The molecule has 0 radical (unpaired) electrons. The quantitative estimate of drug-likeness (QED) is 0.142. The molecular weight excluding hydrogens is 1170 g/mol. The Hall–Kier alpha value is -9.32. The van der Waals surface area contributed by atoms with Gasteiger partial charge in [0.05, 0.1) is 11.2 Å². The van der Waals surface area contributed by atoms with Crippen LogP contribution in [0.2, 0.25) is 0 Å². The van der Waals surface area contributed by atoms with Crippen LogP contribution < -0.4 is 9.47 Å². The Balaban J connectivity index is 0.00000618. The summed E-state index contributed by atoms with van der Waals surface area (Å²) in [5, 5.41) is 0. The van der Waals surface area contributed by atoms with Gasteiger partial charge in [-0.05, 0) is 153 Å². The van der Waals surface area contributed by atoms with E-state index in [-0.39, 0.29) is 20.1 Å². The first-order valence-corrected chi connectivity index (χ1v) is 27.1. The topological polar surface area (TPSA) is 57.1 Å². The van der Waals surface area contributed by atoms with Gasteiger partial charge in [-0.15, -0.1) is 89.5 Å². The molecule has 21 aliphatic heterocycles. The number of hydrogen-bond donors (Lipinski definition) is 0. The molecule has 388 valence electrons. The summed E-state index contributed by atoms with van der Waals surface area (Å²) in [5.74, 6) is 1.32. The van der Waals surface area contributed by atoms with Gasteiger partial charge in [0.1, 0.15) is 11.5 Å². The Kier molecular flexibility index (Phi) is 13.1. The van der Waals surface area contributed by atoms with E-state index in [2.05, 4.69) is 252 Å². The van der Waals surface area contributed by atoms with Gasteiger partial charge < -0.3 is 24.4 Å². The number of pyridine rings is 3. The molecule has 0 fully saturated rings. The van der Waals surface area contributed by atoms with E-state index in [0.29, 0.717) is 11.5 Å². The second kappa shape index (κ2) is 20.7. The Morgan fingerprint density at radius 3 is 0.889 bits per heavy atom. The molecule has 5 nitrogen and oxygen atoms in total. The zero-order valence-corrected chi connectivity index (χ0v) is 47.5. The third-order valence-corrected chi connectivity index (χ3v) is 15.7. The van der Waals surface area contributed by atoms with E-state index in [9.17, 15) is 0 Å². The van der Waals surface area contributed by atoms with Gasteiger partial charge in [0.25, 0.3) is 0 Å². The SMILES string of the molecule is CC1(C)Oc2cc3cc(c2)-c2ccccc2-c2c[c-]c(cc2)-c2ccc(cn2)-c2ccccc2-c2cc(cc(c2)-c2ccccc2-c2ccc(nc2)-c2[c-]cc(cc2)C(C)(C)O3)-c2ccccc2-c2ccc(nc2)-c2[c-]cc1cc2.[Ir+3]. The first-order chi connectivity index (χ1) is 39.1. The van der Waals surface area contributed by atoms with Crippen molar-refractivity contribution in [2.24, 2.45) is 0 Å². The van der Waals surface area contributed by atoms with Gasteiger partial charge >= 0.3 is 20.1 Å². The maximum absolute atomic E-state index is 7.08. The Morgan fingerprint density at radius 1 is 0.296 bits per heavy atom. The molecule has 18 bridgehead atoms. The van der Waals surface area contributed by atoms with E-state index >= 15 is 0 Å². The molecule has 33 rings (SSSR count). The van der Waals surface area contributed by atoms with Gasteiger partial charge in [0, 0.05) is 24.7 Å². The molecular formula is C75H52IrN3O2. The smallest absolute Gasteiger partial charge is 0.492 e. The van der Waals surface area contributed by atoms with Crippen molar-refractivity contribution in [1.82, 2.24) is 15.0 Å². The van der Waals surface area contributed by atoms with Crippen molar-refractivity contribution < 1.29 is 29.6 Å². The van der Waals surface area contributed by atoms with Crippen LogP contribution in [0.15, 0.2) is 243 Å². The van der Waals surface area contributed by atoms with Crippen LogP contribution in [0.5, 0.6) is 11.5 Å². The van der Waals surface area contributed by atoms with E-state index in [1.165, 1.54) is 0 Å². The Labute approximate surface area is 487 Å². The molecule has 0 saturated carbocycles. The van der Waals surface area contributed by atoms with Crippen LogP contribution in [-0.2, 0) is 31.3 Å². The Morgan fingerprint density at radius 2 is 0.593 bits per heavy atom. The van der Waals surface area contributed by atoms with Crippen molar-refractivity contribution in [3.05, 3.63) is 272 Å². The van der Waals surface area contributed by atoms with Crippen LogP contribution in [-0.4, -0.2) is 15.0 Å². The third kappa shape index (κ3) is 9.77. The number of nitrogens with zero attached hydrogens (tertiary/aromatic N) is 3. The van der Waals surface area contributed by atoms with E-state index in [1.54, 1.807) is 0 Å². The second-order valence-corrected chi connectivity index (χ2v) is 21.7. The molecule has 9 aromatic carbocycles. The summed E-state index contributed by atoms with van der Waals surface area (Å²) in [4.78, 5) is 15.3.